The molecule has 128 valence electrons. The molecule has 0 amide bonds. The van der Waals surface area contributed by atoms with Crippen molar-refractivity contribution in [2.24, 2.45) is 0 Å². The summed E-state index contributed by atoms with van der Waals surface area (Å²) in [6.45, 7) is 1.98. The Balaban J connectivity index is 1.83. The maximum absolute atomic E-state index is 6.05. The summed E-state index contributed by atoms with van der Waals surface area (Å²) < 4.78 is 5.32. The topological polar surface area (TPSA) is 59.1 Å². The number of ether oxygens (including phenoxy) is 1. The van der Waals surface area contributed by atoms with E-state index in [-0.39, 0.29) is 0 Å². The third kappa shape index (κ3) is 4.32. The third-order valence-electron chi connectivity index (χ3n) is 3.51. The minimum absolute atomic E-state index is 0.428. The maximum atomic E-state index is 6.05. The van der Waals surface area contributed by atoms with E-state index in [1.54, 1.807) is 37.6 Å². The average molecular weight is 375 g/mol. The molecule has 0 spiro atoms. The van der Waals surface area contributed by atoms with Gasteiger partial charge in [0.05, 0.1) is 12.8 Å². The van der Waals surface area contributed by atoms with Gasteiger partial charge in [0, 0.05) is 21.9 Å². The van der Waals surface area contributed by atoms with E-state index in [4.69, 9.17) is 27.9 Å². The largest absolute Gasteiger partial charge is 0.495 e. The lowest BCUT2D eigenvalue weighted by Crippen LogP contribution is -2.02. The molecule has 0 aliphatic carbocycles. The summed E-state index contributed by atoms with van der Waals surface area (Å²) in [6.07, 6.45) is 1.67. The highest BCUT2D eigenvalue weighted by Crippen LogP contribution is 2.30. The van der Waals surface area contributed by atoms with Crippen LogP contribution in [-0.4, -0.2) is 17.1 Å². The van der Waals surface area contributed by atoms with Crippen LogP contribution >= 0.6 is 23.2 Å². The van der Waals surface area contributed by atoms with Gasteiger partial charge in [-0.2, -0.15) is 4.98 Å². The Hall–Kier alpha value is -2.50. The molecule has 1 heterocycles. The summed E-state index contributed by atoms with van der Waals surface area (Å²) in [5.41, 5.74) is 2.64. The second kappa shape index (κ2) is 7.59. The zero-order chi connectivity index (χ0) is 17.8. The molecule has 1 aromatic heterocycles. The zero-order valence-electron chi connectivity index (χ0n) is 13.7. The van der Waals surface area contributed by atoms with Crippen LogP contribution in [0.25, 0.3) is 0 Å². The minimum atomic E-state index is 0.428. The molecule has 0 fully saturated rings. The highest BCUT2D eigenvalue weighted by molar-refractivity contribution is 6.31. The van der Waals surface area contributed by atoms with Crippen LogP contribution in [0, 0.1) is 6.92 Å². The fraction of sp³-hybridized carbons (Fsp3) is 0.111. The van der Waals surface area contributed by atoms with Gasteiger partial charge in [0.25, 0.3) is 0 Å². The van der Waals surface area contributed by atoms with Crippen LogP contribution < -0.4 is 15.4 Å². The predicted molar refractivity (Wildman–Crippen MR) is 103 cm³/mol. The summed E-state index contributed by atoms with van der Waals surface area (Å²) in [6, 6.07) is 12.7. The first-order valence-electron chi connectivity index (χ1n) is 7.52. The number of hydrogen-bond donors (Lipinski definition) is 2. The zero-order valence-corrected chi connectivity index (χ0v) is 15.2. The predicted octanol–water partition coefficient (Wildman–Crippen LogP) is 5.59. The van der Waals surface area contributed by atoms with Gasteiger partial charge >= 0.3 is 0 Å². The molecule has 3 rings (SSSR count). The van der Waals surface area contributed by atoms with Gasteiger partial charge in [0.15, 0.2) is 0 Å². The molecule has 0 aliphatic rings. The van der Waals surface area contributed by atoms with E-state index >= 15 is 0 Å². The maximum Gasteiger partial charge on any atom is 0.229 e. The lowest BCUT2D eigenvalue weighted by molar-refractivity contribution is 0.417. The molecule has 5 nitrogen and oxygen atoms in total. The number of aryl methyl sites for hydroxylation is 1. The Morgan fingerprint density at radius 3 is 2.44 bits per heavy atom. The molecule has 2 aromatic carbocycles. The number of methoxy groups -OCH3 is 1. The van der Waals surface area contributed by atoms with Crippen LogP contribution in [0.15, 0.2) is 48.7 Å². The molecular weight excluding hydrogens is 359 g/mol. The molecule has 0 atom stereocenters. The summed E-state index contributed by atoms with van der Waals surface area (Å²) in [7, 11) is 1.59. The molecule has 0 radical (unpaired) electrons. The molecular formula is C18H16Cl2N4O. The Bertz CT molecular complexity index is 902. The summed E-state index contributed by atoms with van der Waals surface area (Å²) in [5.74, 6) is 1.74. The fourth-order valence-corrected chi connectivity index (χ4v) is 2.69. The summed E-state index contributed by atoms with van der Waals surface area (Å²) in [5, 5.41) is 7.67. The van der Waals surface area contributed by atoms with Gasteiger partial charge in [0.2, 0.25) is 5.95 Å². The van der Waals surface area contributed by atoms with Crippen molar-refractivity contribution in [3.05, 3.63) is 64.3 Å². The highest BCUT2D eigenvalue weighted by atomic mass is 35.5. The lowest BCUT2D eigenvalue weighted by atomic mass is 10.2. The van der Waals surface area contributed by atoms with E-state index in [9.17, 15) is 0 Å². The normalized spacial score (nSPS) is 10.4. The Kier molecular flexibility index (Phi) is 5.26. The van der Waals surface area contributed by atoms with Crippen molar-refractivity contribution < 1.29 is 4.74 Å². The van der Waals surface area contributed by atoms with Crippen molar-refractivity contribution in [1.29, 1.82) is 0 Å². The van der Waals surface area contributed by atoms with Crippen molar-refractivity contribution in [2.75, 3.05) is 17.7 Å². The van der Waals surface area contributed by atoms with Crippen molar-refractivity contribution >= 4 is 46.3 Å². The van der Waals surface area contributed by atoms with Gasteiger partial charge < -0.3 is 15.4 Å². The second-order valence-corrected chi connectivity index (χ2v) is 6.19. The molecule has 0 unspecified atom stereocenters. The van der Waals surface area contributed by atoms with Gasteiger partial charge in [-0.05, 0) is 55.0 Å². The smallest absolute Gasteiger partial charge is 0.229 e. The van der Waals surface area contributed by atoms with Crippen molar-refractivity contribution in [3.63, 3.8) is 0 Å². The van der Waals surface area contributed by atoms with E-state index in [0.29, 0.717) is 33.2 Å². The highest BCUT2D eigenvalue weighted by Gasteiger charge is 2.07. The number of aromatic nitrogens is 2. The van der Waals surface area contributed by atoms with Gasteiger partial charge in [-0.25, -0.2) is 4.98 Å². The van der Waals surface area contributed by atoms with Gasteiger partial charge in [-0.15, -0.1) is 0 Å². The summed E-state index contributed by atoms with van der Waals surface area (Å²) in [4.78, 5) is 8.70. The number of hydrogen-bond acceptors (Lipinski definition) is 5. The molecule has 0 aliphatic heterocycles. The van der Waals surface area contributed by atoms with Crippen LogP contribution in [0.4, 0.5) is 23.1 Å². The van der Waals surface area contributed by atoms with Crippen LogP contribution in [0.2, 0.25) is 10.0 Å². The number of anilines is 4. The molecule has 3 aromatic rings. The third-order valence-corrected chi connectivity index (χ3v) is 3.98. The van der Waals surface area contributed by atoms with E-state index in [2.05, 4.69) is 20.6 Å². The molecule has 7 heteroatoms. The monoisotopic (exact) mass is 374 g/mol. The number of nitrogens with one attached hydrogen (secondary N) is 2. The average Bonchev–Trinajstić information content (AvgIpc) is 2.58. The minimum Gasteiger partial charge on any atom is -0.495 e. The van der Waals surface area contributed by atoms with Crippen LogP contribution in [0.1, 0.15) is 5.56 Å². The van der Waals surface area contributed by atoms with E-state index in [0.717, 1.165) is 11.3 Å². The van der Waals surface area contributed by atoms with Crippen LogP contribution in [-0.2, 0) is 0 Å². The number of nitrogens with zero attached hydrogens (tertiary/aromatic N) is 2. The number of halogens is 2. The molecule has 0 bridgehead atoms. The SMILES string of the molecule is COc1ccc(Cl)cc1Nc1nccc(Nc2ccc(Cl)cc2C)n1. The second-order valence-electron chi connectivity index (χ2n) is 5.32. The van der Waals surface area contributed by atoms with Crippen molar-refractivity contribution in [1.82, 2.24) is 9.97 Å². The van der Waals surface area contributed by atoms with Crippen LogP contribution in [0.5, 0.6) is 5.75 Å². The first-order valence-corrected chi connectivity index (χ1v) is 8.27. The Morgan fingerprint density at radius 1 is 0.920 bits per heavy atom. The summed E-state index contributed by atoms with van der Waals surface area (Å²) >= 11 is 12.0. The van der Waals surface area contributed by atoms with Crippen molar-refractivity contribution in [3.8, 4) is 5.75 Å². The van der Waals surface area contributed by atoms with Crippen LogP contribution in [0.3, 0.4) is 0 Å². The molecule has 25 heavy (non-hydrogen) atoms. The lowest BCUT2D eigenvalue weighted by Gasteiger charge is -2.12. The van der Waals surface area contributed by atoms with Gasteiger partial charge in [0.1, 0.15) is 11.6 Å². The van der Waals surface area contributed by atoms with E-state index in [1.165, 1.54) is 0 Å². The number of rotatable bonds is 5. The van der Waals surface area contributed by atoms with E-state index < -0.39 is 0 Å². The first kappa shape index (κ1) is 17.3. The molecule has 0 saturated heterocycles. The Labute approximate surface area is 156 Å². The van der Waals surface area contributed by atoms with E-state index in [1.807, 2.05) is 25.1 Å². The quantitative estimate of drug-likeness (QED) is 0.609. The Morgan fingerprint density at radius 2 is 1.68 bits per heavy atom. The van der Waals surface area contributed by atoms with Gasteiger partial charge in [-0.1, -0.05) is 23.2 Å². The number of benzene rings is 2. The standard InChI is InChI=1S/C18H16Cl2N4O/c1-11-9-12(19)3-5-14(11)22-17-7-8-21-18(24-17)23-15-10-13(20)4-6-16(15)25-2/h3-10H,1-2H3,(H2,21,22,23,24). The van der Waals surface area contributed by atoms with Gasteiger partial charge in [-0.3, -0.25) is 0 Å². The molecule has 0 saturated carbocycles. The molecule has 2 N–H and O–H groups in total. The van der Waals surface area contributed by atoms with Crippen molar-refractivity contribution in [2.45, 2.75) is 6.92 Å². The first-order chi connectivity index (χ1) is 12.0. The fourth-order valence-electron chi connectivity index (χ4n) is 2.29.